The Bertz CT molecular complexity index is 545. The summed E-state index contributed by atoms with van der Waals surface area (Å²) in [5.41, 5.74) is 6.27. The number of nitrogens with one attached hydrogen (secondary N) is 2. The Labute approximate surface area is 103 Å². The Hall–Kier alpha value is -1.72. The molecule has 4 saturated carbocycles. The van der Waals surface area contributed by atoms with E-state index in [2.05, 4.69) is 21.1 Å². The van der Waals surface area contributed by atoms with E-state index in [-0.39, 0.29) is 23.7 Å². The molecule has 2 heterocycles. The lowest BCUT2D eigenvalue weighted by molar-refractivity contribution is -0.136. The second-order valence-electron chi connectivity index (χ2n) is 6.25. The zero-order valence-electron chi connectivity index (χ0n) is 9.69. The van der Waals surface area contributed by atoms with Crippen LogP contribution in [0.25, 0.3) is 0 Å². The summed E-state index contributed by atoms with van der Waals surface area (Å²) in [4.78, 5) is 24.4. The smallest absolute Gasteiger partial charge is 0.252 e. The summed E-state index contributed by atoms with van der Waals surface area (Å²) in [6.07, 6.45) is 3.13. The lowest BCUT2D eigenvalue weighted by Gasteiger charge is -2.57. The van der Waals surface area contributed by atoms with E-state index in [1.165, 1.54) is 0 Å². The topological polar surface area (TPSA) is 82.9 Å². The molecule has 0 aromatic carbocycles. The van der Waals surface area contributed by atoms with Gasteiger partial charge < -0.3 is 0 Å². The summed E-state index contributed by atoms with van der Waals surface area (Å²) in [6.45, 7) is 0. The number of hydrogen-bond acceptors (Lipinski definition) is 4. The molecule has 2 amide bonds. The number of rotatable bonds is 0. The molecule has 0 aromatic rings. The molecule has 2 spiro atoms. The Balaban J connectivity index is 1.78. The molecule has 4 atom stereocenters. The summed E-state index contributed by atoms with van der Waals surface area (Å²) >= 11 is 0. The highest BCUT2D eigenvalue weighted by Gasteiger charge is 2.71. The lowest BCUT2D eigenvalue weighted by Crippen LogP contribution is -2.65. The Morgan fingerprint density at radius 1 is 0.944 bits per heavy atom. The SMILES string of the molecule is O=C1NN=C2C3CC4CC12CC1(C3)C(=O)NN=C41. The van der Waals surface area contributed by atoms with Crippen LogP contribution in [0.5, 0.6) is 0 Å². The van der Waals surface area contributed by atoms with Gasteiger partial charge in [-0.1, -0.05) is 0 Å². The maximum absolute atomic E-state index is 12.2. The van der Waals surface area contributed by atoms with Crippen molar-refractivity contribution in [1.29, 1.82) is 0 Å². The minimum atomic E-state index is -0.507. The summed E-state index contributed by atoms with van der Waals surface area (Å²) < 4.78 is 0. The van der Waals surface area contributed by atoms with Gasteiger partial charge in [0, 0.05) is 11.8 Å². The van der Waals surface area contributed by atoms with E-state index in [1.807, 2.05) is 0 Å². The fourth-order valence-electron chi connectivity index (χ4n) is 5.01. The van der Waals surface area contributed by atoms with E-state index >= 15 is 0 Å². The second kappa shape index (κ2) is 2.37. The second-order valence-corrected chi connectivity index (χ2v) is 6.25. The monoisotopic (exact) mass is 244 g/mol. The predicted molar refractivity (Wildman–Crippen MR) is 61.5 cm³/mol. The maximum atomic E-state index is 12.2. The van der Waals surface area contributed by atoms with Crippen molar-refractivity contribution in [2.75, 3.05) is 0 Å². The minimum absolute atomic E-state index is 0.00924. The van der Waals surface area contributed by atoms with Crippen LogP contribution in [-0.4, -0.2) is 23.2 Å². The molecule has 92 valence electrons. The number of amides is 2. The average Bonchev–Trinajstić information content (AvgIpc) is 2.82. The van der Waals surface area contributed by atoms with Crippen molar-refractivity contribution in [3.63, 3.8) is 0 Å². The van der Waals surface area contributed by atoms with Crippen molar-refractivity contribution in [1.82, 2.24) is 10.9 Å². The molecule has 0 saturated heterocycles. The zero-order valence-corrected chi connectivity index (χ0v) is 9.69. The molecule has 2 aliphatic heterocycles. The van der Waals surface area contributed by atoms with Gasteiger partial charge in [0.25, 0.3) is 11.8 Å². The highest BCUT2D eigenvalue weighted by Crippen LogP contribution is 2.64. The van der Waals surface area contributed by atoms with Gasteiger partial charge in [-0.2, -0.15) is 10.2 Å². The number of hydrogen-bond donors (Lipinski definition) is 2. The number of carbonyl (C=O) groups is 2. The van der Waals surface area contributed by atoms with E-state index in [9.17, 15) is 9.59 Å². The van der Waals surface area contributed by atoms with Gasteiger partial charge in [0.2, 0.25) is 0 Å². The van der Waals surface area contributed by atoms with Gasteiger partial charge in [-0.25, -0.2) is 10.9 Å². The third kappa shape index (κ3) is 0.693. The van der Waals surface area contributed by atoms with Crippen LogP contribution in [0.4, 0.5) is 0 Å². The molecule has 18 heavy (non-hydrogen) atoms. The molecule has 6 aliphatic rings. The van der Waals surface area contributed by atoms with Gasteiger partial charge in [-0.3, -0.25) is 9.59 Å². The molecule has 2 N–H and O–H groups in total. The van der Waals surface area contributed by atoms with Crippen molar-refractivity contribution < 1.29 is 9.59 Å². The molecule has 4 bridgehead atoms. The highest BCUT2D eigenvalue weighted by molar-refractivity contribution is 6.23. The van der Waals surface area contributed by atoms with Gasteiger partial charge in [0.1, 0.15) is 0 Å². The van der Waals surface area contributed by atoms with Gasteiger partial charge in [-0.05, 0) is 25.7 Å². The first kappa shape index (κ1) is 9.24. The molecule has 4 aliphatic carbocycles. The van der Waals surface area contributed by atoms with Crippen LogP contribution in [-0.2, 0) is 9.59 Å². The molecular weight excluding hydrogens is 232 g/mol. The predicted octanol–water partition coefficient (Wildman–Crippen LogP) is -0.236. The van der Waals surface area contributed by atoms with Crippen LogP contribution in [0, 0.1) is 22.7 Å². The van der Waals surface area contributed by atoms with Crippen LogP contribution in [0.1, 0.15) is 25.7 Å². The highest BCUT2D eigenvalue weighted by atomic mass is 16.2. The number of carbonyl (C=O) groups excluding carboxylic acids is 2. The number of nitrogens with zero attached hydrogens (tertiary/aromatic N) is 2. The molecule has 4 fully saturated rings. The molecule has 4 unspecified atom stereocenters. The molecule has 6 rings (SSSR count). The third-order valence-corrected chi connectivity index (χ3v) is 5.54. The maximum Gasteiger partial charge on any atom is 0.252 e. The van der Waals surface area contributed by atoms with Gasteiger partial charge >= 0.3 is 0 Å². The summed E-state index contributed by atoms with van der Waals surface area (Å²) in [6, 6.07) is 0. The van der Waals surface area contributed by atoms with E-state index in [1.54, 1.807) is 0 Å². The van der Waals surface area contributed by atoms with Crippen LogP contribution in [0.15, 0.2) is 10.2 Å². The van der Waals surface area contributed by atoms with E-state index < -0.39 is 10.8 Å². The van der Waals surface area contributed by atoms with Crippen LogP contribution >= 0.6 is 0 Å². The Morgan fingerprint density at radius 3 is 1.94 bits per heavy atom. The van der Waals surface area contributed by atoms with Crippen molar-refractivity contribution in [3.8, 4) is 0 Å². The molecule has 0 radical (unpaired) electrons. The Kier molecular flexibility index (Phi) is 1.22. The van der Waals surface area contributed by atoms with Crippen molar-refractivity contribution >= 4 is 23.2 Å². The standard InChI is InChI=1S/C12H12N4O2/c17-9-11-2-5-1-6(8(11)14-15-9)3-12(4-11)7(5)13-16-10(12)18/h5-6H,1-4H2,(H,15,17)(H,16,18). The average molecular weight is 244 g/mol. The first-order valence-corrected chi connectivity index (χ1v) is 6.43. The van der Waals surface area contributed by atoms with Crippen LogP contribution in [0.3, 0.4) is 0 Å². The normalized spacial score (nSPS) is 50.4. The van der Waals surface area contributed by atoms with Crippen LogP contribution in [0.2, 0.25) is 0 Å². The van der Waals surface area contributed by atoms with Crippen molar-refractivity contribution in [3.05, 3.63) is 0 Å². The summed E-state index contributed by atoms with van der Waals surface area (Å²) in [5, 5.41) is 8.50. The fraction of sp³-hybridized carbons (Fsp3) is 0.667. The molecule has 6 nitrogen and oxygen atoms in total. The third-order valence-electron chi connectivity index (χ3n) is 5.54. The number of hydrazone groups is 2. The van der Waals surface area contributed by atoms with Crippen molar-refractivity contribution in [2.45, 2.75) is 25.7 Å². The van der Waals surface area contributed by atoms with E-state index in [0.29, 0.717) is 6.42 Å². The largest absolute Gasteiger partial charge is 0.272 e. The minimum Gasteiger partial charge on any atom is -0.272 e. The quantitative estimate of drug-likeness (QED) is 0.616. The van der Waals surface area contributed by atoms with E-state index in [0.717, 1.165) is 30.7 Å². The fourth-order valence-corrected chi connectivity index (χ4v) is 5.01. The lowest BCUT2D eigenvalue weighted by atomic mass is 9.42. The first-order chi connectivity index (χ1) is 8.66. The molecule has 6 heteroatoms. The summed E-state index contributed by atoms with van der Waals surface area (Å²) in [5.74, 6) is 0.536. The summed E-state index contributed by atoms with van der Waals surface area (Å²) in [7, 11) is 0. The van der Waals surface area contributed by atoms with E-state index in [4.69, 9.17) is 0 Å². The van der Waals surface area contributed by atoms with Crippen LogP contribution < -0.4 is 10.9 Å². The van der Waals surface area contributed by atoms with Gasteiger partial charge in [0.15, 0.2) is 0 Å². The molecule has 0 aromatic heterocycles. The molecular formula is C12H12N4O2. The Morgan fingerprint density at radius 2 is 1.44 bits per heavy atom. The van der Waals surface area contributed by atoms with Crippen molar-refractivity contribution in [2.24, 2.45) is 32.9 Å². The zero-order chi connectivity index (χ0) is 12.1. The van der Waals surface area contributed by atoms with Gasteiger partial charge in [0.05, 0.1) is 22.3 Å². The van der Waals surface area contributed by atoms with Gasteiger partial charge in [-0.15, -0.1) is 0 Å². The first-order valence-electron chi connectivity index (χ1n) is 6.43.